The summed E-state index contributed by atoms with van der Waals surface area (Å²) >= 11 is 1.73. The van der Waals surface area contributed by atoms with Crippen molar-refractivity contribution in [3.05, 3.63) is 22.4 Å². The zero-order chi connectivity index (χ0) is 8.81. The second-order valence-electron chi connectivity index (χ2n) is 3.16. The molecule has 1 nitrogen and oxygen atoms in total. The van der Waals surface area contributed by atoms with E-state index in [1.165, 1.54) is 24.8 Å². The van der Waals surface area contributed by atoms with Crippen LogP contribution in [0.4, 0.5) is 0 Å². The van der Waals surface area contributed by atoms with Crippen molar-refractivity contribution in [1.29, 1.82) is 0 Å². The van der Waals surface area contributed by atoms with E-state index in [4.69, 9.17) is 5.73 Å². The van der Waals surface area contributed by atoms with Gasteiger partial charge in [0.15, 0.2) is 0 Å². The van der Waals surface area contributed by atoms with Crippen LogP contribution in [0.1, 0.15) is 44.2 Å². The SMILES string of the molecule is CCCCCC(N)c1ccsc1.Cl. The summed E-state index contributed by atoms with van der Waals surface area (Å²) in [7, 11) is 0. The van der Waals surface area contributed by atoms with Crippen molar-refractivity contribution in [3.63, 3.8) is 0 Å². The van der Waals surface area contributed by atoms with Gasteiger partial charge in [-0.3, -0.25) is 0 Å². The lowest BCUT2D eigenvalue weighted by Crippen LogP contribution is -2.08. The molecule has 0 amide bonds. The Morgan fingerprint density at radius 2 is 2.23 bits per heavy atom. The lowest BCUT2D eigenvalue weighted by atomic mass is 10.0. The van der Waals surface area contributed by atoms with Crippen LogP contribution in [-0.2, 0) is 0 Å². The Balaban J connectivity index is 0.00000144. The van der Waals surface area contributed by atoms with E-state index >= 15 is 0 Å². The fourth-order valence-corrected chi connectivity index (χ4v) is 1.99. The van der Waals surface area contributed by atoms with E-state index in [2.05, 4.69) is 23.8 Å². The molecule has 1 atom stereocenters. The molecule has 2 N–H and O–H groups in total. The second-order valence-corrected chi connectivity index (χ2v) is 3.94. The molecule has 1 unspecified atom stereocenters. The maximum Gasteiger partial charge on any atom is 0.0303 e. The fraction of sp³-hybridized carbons (Fsp3) is 0.600. The van der Waals surface area contributed by atoms with Crippen LogP contribution in [0.15, 0.2) is 16.8 Å². The maximum atomic E-state index is 5.99. The molecule has 1 heterocycles. The van der Waals surface area contributed by atoms with Gasteiger partial charge >= 0.3 is 0 Å². The zero-order valence-electron chi connectivity index (χ0n) is 8.03. The molecule has 0 aliphatic heterocycles. The monoisotopic (exact) mass is 219 g/mol. The van der Waals surface area contributed by atoms with Crippen molar-refractivity contribution in [3.8, 4) is 0 Å². The topological polar surface area (TPSA) is 26.0 Å². The number of unbranched alkanes of at least 4 members (excludes halogenated alkanes) is 2. The molecule has 0 fully saturated rings. The molecule has 1 aromatic heterocycles. The summed E-state index contributed by atoms with van der Waals surface area (Å²) < 4.78 is 0. The van der Waals surface area contributed by atoms with Gasteiger partial charge in [-0.05, 0) is 28.8 Å². The summed E-state index contributed by atoms with van der Waals surface area (Å²) in [4.78, 5) is 0. The van der Waals surface area contributed by atoms with Crippen molar-refractivity contribution in [2.75, 3.05) is 0 Å². The third-order valence-electron chi connectivity index (χ3n) is 2.09. The molecule has 0 saturated carbocycles. The van der Waals surface area contributed by atoms with Gasteiger partial charge in [-0.15, -0.1) is 12.4 Å². The summed E-state index contributed by atoms with van der Waals surface area (Å²) in [6.07, 6.45) is 4.96. The molecule has 0 aliphatic rings. The lowest BCUT2D eigenvalue weighted by Gasteiger charge is -2.08. The van der Waals surface area contributed by atoms with Crippen molar-refractivity contribution in [2.45, 2.75) is 38.6 Å². The third-order valence-corrected chi connectivity index (χ3v) is 2.79. The highest BCUT2D eigenvalue weighted by Crippen LogP contribution is 2.19. The van der Waals surface area contributed by atoms with E-state index in [1.807, 2.05) is 0 Å². The highest BCUT2D eigenvalue weighted by atomic mass is 35.5. The Morgan fingerprint density at radius 3 is 2.77 bits per heavy atom. The summed E-state index contributed by atoms with van der Waals surface area (Å²) in [6, 6.07) is 2.39. The standard InChI is InChI=1S/C10H17NS.ClH/c1-2-3-4-5-10(11)9-6-7-12-8-9;/h6-8,10H,2-5,11H2,1H3;1H. The molecule has 0 spiro atoms. The third kappa shape index (κ3) is 4.65. The van der Waals surface area contributed by atoms with Gasteiger partial charge in [-0.25, -0.2) is 0 Å². The lowest BCUT2D eigenvalue weighted by molar-refractivity contribution is 0.582. The minimum absolute atomic E-state index is 0. The second kappa shape index (κ2) is 7.36. The zero-order valence-corrected chi connectivity index (χ0v) is 9.66. The van der Waals surface area contributed by atoms with E-state index < -0.39 is 0 Å². The summed E-state index contributed by atoms with van der Waals surface area (Å²) in [5, 5.41) is 4.24. The number of hydrogen-bond donors (Lipinski definition) is 1. The Morgan fingerprint density at radius 1 is 1.46 bits per heavy atom. The van der Waals surface area contributed by atoms with E-state index in [0.717, 1.165) is 6.42 Å². The normalized spacial score (nSPS) is 12.2. The van der Waals surface area contributed by atoms with Crippen molar-refractivity contribution in [2.24, 2.45) is 5.73 Å². The van der Waals surface area contributed by atoms with E-state index in [1.54, 1.807) is 11.3 Å². The molecule has 1 rings (SSSR count). The molecule has 0 bridgehead atoms. The van der Waals surface area contributed by atoms with Crippen LogP contribution in [0.25, 0.3) is 0 Å². The highest BCUT2D eigenvalue weighted by molar-refractivity contribution is 7.07. The molecule has 0 aliphatic carbocycles. The van der Waals surface area contributed by atoms with Crippen LogP contribution in [0.3, 0.4) is 0 Å². The first-order chi connectivity index (χ1) is 5.84. The first-order valence-corrected chi connectivity index (χ1v) is 5.56. The van der Waals surface area contributed by atoms with Crippen LogP contribution >= 0.6 is 23.7 Å². The molecule has 0 aromatic carbocycles. The van der Waals surface area contributed by atoms with Crippen LogP contribution in [0, 0.1) is 0 Å². The van der Waals surface area contributed by atoms with E-state index in [-0.39, 0.29) is 18.4 Å². The Bertz CT molecular complexity index is 199. The number of halogens is 1. The average molecular weight is 220 g/mol. The number of rotatable bonds is 5. The van der Waals surface area contributed by atoms with E-state index in [9.17, 15) is 0 Å². The molecule has 13 heavy (non-hydrogen) atoms. The van der Waals surface area contributed by atoms with Gasteiger partial charge < -0.3 is 5.73 Å². The van der Waals surface area contributed by atoms with Gasteiger partial charge in [0.05, 0.1) is 0 Å². The largest absolute Gasteiger partial charge is 0.324 e. The van der Waals surface area contributed by atoms with Crippen molar-refractivity contribution < 1.29 is 0 Å². The Labute approximate surface area is 90.8 Å². The van der Waals surface area contributed by atoms with Crippen LogP contribution in [-0.4, -0.2) is 0 Å². The van der Waals surface area contributed by atoms with Crippen molar-refractivity contribution in [1.82, 2.24) is 0 Å². The molecule has 0 radical (unpaired) electrons. The quantitative estimate of drug-likeness (QED) is 0.751. The van der Waals surface area contributed by atoms with Crippen LogP contribution < -0.4 is 5.73 Å². The molecule has 1 aromatic rings. The number of thiophene rings is 1. The van der Waals surface area contributed by atoms with Gasteiger partial charge in [0.2, 0.25) is 0 Å². The van der Waals surface area contributed by atoms with Gasteiger partial charge in [-0.2, -0.15) is 11.3 Å². The van der Waals surface area contributed by atoms with E-state index in [0.29, 0.717) is 0 Å². The van der Waals surface area contributed by atoms with Gasteiger partial charge in [-0.1, -0.05) is 26.2 Å². The molecular formula is C10H18ClNS. The highest BCUT2D eigenvalue weighted by Gasteiger charge is 2.04. The smallest absolute Gasteiger partial charge is 0.0303 e. The van der Waals surface area contributed by atoms with Crippen LogP contribution in [0.5, 0.6) is 0 Å². The Hall–Kier alpha value is -0.0500. The van der Waals surface area contributed by atoms with Gasteiger partial charge in [0, 0.05) is 6.04 Å². The minimum atomic E-state index is 0. The molecule has 76 valence electrons. The number of hydrogen-bond acceptors (Lipinski definition) is 2. The number of nitrogens with two attached hydrogens (primary N) is 1. The Kier molecular flexibility index (Phi) is 7.33. The summed E-state index contributed by atoms with van der Waals surface area (Å²) in [5.74, 6) is 0. The summed E-state index contributed by atoms with van der Waals surface area (Å²) in [5.41, 5.74) is 7.29. The maximum absolute atomic E-state index is 5.99. The first kappa shape index (κ1) is 12.9. The predicted octanol–water partition coefficient (Wildman–Crippen LogP) is 3.75. The average Bonchev–Trinajstić information content (AvgIpc) is 2.56. The van der Waals surface area contributed by atoms with Crippen molar-refractivity contribution >= 4 is 23.7 Å². The van der Waals surface area contributed by atoms with Gasteiger partial charge in [0.25, 0.3) is 0 Å². The molecular weight excluding hydrogens is 202 g/mol. The minimum Gasteiger partial charge on any atom is -0.324 e. The molecule has 3 heteroatoms. The van der Waals surface area contributed by atoms with Crippen LogP contribution in [0.2, 0.25) is 0 Å². The predicted molar refractivity (Wildman–Crippen MR) is 62.6 cm³/mol. The molecule has 0 saturated heterocycles. The fourth-order valence-electron chi connectivity index (χ4n) is 1.27. The summed E-state index contributed by atoms with van der Waals surface area (Å²) in [6.45, 7) is 2.22. The first-order valence-electron chi connectivity index (χ1n) is 4.62. The van der Waals surface area contributed by atoms with Gasteiger partial charge in [0.1, 0.15) is 0 Å².